The Morgan fingerprint density at radius 3 is 2.36 bits per heavy atom. The highest BCUT2D eigenvalue weighted by Crippen LogP contribution is 2.38. The Bertz CT molecular complexity index is 728. The van der Waals surface area contributed by atoms with Crippen LogP contribution in [0.5, 0.6) is 0 Å². The number of fused-ring (bicyclic) bond motifs is 1. The Balaban J connectivity index is 1.53. The van der Waals surface area contributed by atoms with Crippen molar-refractivity contribution in [1.82, 2.24) is 15.1 Å². The van der Waals surface area contributed by atoms with Crippen molar-refractivity contribution in [3.63, 3.8) is 0 Å². The summed E-state index contributed by atoms with van der Waals surface area (Å²) in [6, 6.07) is 7.51. The fourth-order valence-corrected chi connectivity index (χ4v) is 4.54. The predicted molar refractivity (Wildman–Crippen MR) is 108 cm³/mol. The van der Waals surface area contributed by atoms with E-state index in [-0.39, 0.29) is 48.6 Å². The van der Waals surface area contributed by atoms with Gasteiger partial charge in [-0.15, -0.1) is 0 Å². The molecular weight excluding hydrogens is 378 g/mol. The topological polar surface area (TPSA) is 69.7 Å². The normalized spacial score (nSPS) is 23.1. The maximum Gasteiger partial charge on any atom is 0.233 e. The summed E-state index contributed by atoms with van der Waals surface area (Å²) >= 11 is 6.30. The number of hydrogen-bond donors (Lipinski definition) is 1. The van der Waals surface area contributed by atoms with E-state index in [0.29, 0.717) is 11.6 Å². The molecule has 1 aliphatic heterocycles. The van der Waals surface area contributed by atoms with Crippen LogP contribution < -0.4 is 5.32 Å². The molecule has 3 amide bonds. The molecule has 2 aliphatic rings. The summed E-state index contributed by atoms with van der Waals surface area (Å²) in [5, 5.41) is 3.58. The zero-order chi connectivity index (χ0) is 20.3. The number of carbonyl (C=O) groups is 3. The second-order valence-corrected chi connectivity index (χ2v) is 8.29. The molecule has 1 heterocycles. The lowest BCUT2D eigenvalue weighted by Crippen LogP contribution is -2.38. The van der Waals surface area contributed by atoms with Gasteiger partial charge in [-0.25, -0.2) is 0 Å². The summed E-state index contributed by atoms with van der Waals surface area (Å²) in [6.07, 6.45) is 3.71. The van der Waals surface area contributed by atoms with Crippen molar-refractivity contribution in [1.29, 1.82) is 0 Å². The molecule has 1 N–H and O–H groups in total. The number of imide groups is 1. The van der Waals surface area contributed by atoms with Gasteiger partial charge in [-0.05, 0) is 38.6 Å². The van der Waals surface area contributed by atoms with Crippen LogP contribution in [0, 0.1) is 11.8 Å². The number of nitrogens with zero attached hydrogens (tertiary/aromatic N) is 2. The molecule has 2 fully saturated rings. The minimum atomic E-state index is -0.172. The fourth-order valence-electron chi connectivity index (χ4n) is 4.28. The molecule has 152 valence electrons. The van der Waals surface area contributed by atoms with Crippen molar-refractivity contribution in [2.24, 2.45) is 11.8 Å². The van der Waals surface area contributed by atoms with E-state index in [4.69, 9.17) is 11.6 Å². The molecule has 28 heavy (non-hydrogen) atoms. The Kier molecular flexibility index (Phi) is 6.73. The monoisotopic (exact) mass is 405 g/mol. The van der Waals surface area contributed by atoms with E-state index in [2.05, 4.69) is 5.32 Å². The van der Waals surface area contributed by atoms with Crippen LogP contribution in [0.4, 0.5) is 0 Å². The molecule has 1 aromatic carbocycles. The van der Waals surface area contributed by atoms with Crippen LogP contribution >= 0.6 is 11.6 Å². The average molecular weight is 406 g/mol. The second kappa shape index (κ2) is 9.05. The lowest BCUT2D eigenvalue weighted by atomic mass is 9.81. The van der Waals surface area contributed by atoms with E-state index < -0.39 is 0 Å². The first-order chi connectivity index (χ1) is 13.4. The fraction of sp³-hybridized carbons (Fsp3) is 0.571. The molecule has 1 aliphatic carbocycles. The third-order valence-electron chi connectivity index (χ3n) is 5.88. The van der Waals surface area contributed by atoms with Gasteiger partial charge in [0.25, 0.3) is 0 Å². The summed E-state index contributed by atoms with van der Waals surface area (Å²) in [7, 11) is 3.87. The van der Waals surface area contributed by atoms with E-state index >= 15 is 0 Å². The number of amides is 3. The molecule has 0 bridgehead atoms. The van der Waals surface area contributed by atoms with Crippen molar-refractivity contribution < 1.29 is 14.4 Å². The molecule has 3 atom stereocenters. The molecule has 3 rings (SSSR count). The molecule has 0 radical (unpaired) electrons. The number of likely N-dealkylation sites (tertiary alicyclic amines) is 1. The van der Waals surface area contributed by atoms with Gasteiger partial charge in [0.1, 0.15) is 0 Å². The smallest absolute Gasteiger partial charge is 0.233 e. The van der Waals surface area contributed by atoms with E-state index in [9.17, 15) is 14.4 Å². The van der Waals surface area contributed by atoms with Gasteiger partial charge in [0.15, 0.2) is 0 Å². The molecule has 0 unspecified atom stereocenters. The van der Waals surface area contributed by atoms with E-state index in [1.165, 1.54) is 4.90 Å². The van der Waals surface area contributed by atoms with Crippen molar-refractivity contribution in [3.8, 4) is 0 Å². The molecule has 1 aromatic rings. The van der Waals surface area contributed by atoms with Gasteiger partial charge in [-0.2, -0.15) is 0 Å². The zero-order valence-corrected chi connectivity index (χ0v) is 17.2. The zero-order valence-electron chi connectivity index (χ0n) is 16.5. The maximum atomic E-state index is 12.5. The third kappa shape index (κ3) is 4.39. The number of halogens is 1. The van der Waals surface area contributed by atoms with Crippen LogP contribution in [-0.4, -0.2) is 54.7 Å². The van der Waals surface area contributed by atoms with Crippen molar-refractivity contribution >= 4 is 29.3 Å². The largest absolute Gasteiger partial charge is 0.354 e. The SMILES string of the molecule is CN(C)[C@@H](CNC(=O)CCN1C(=O)[C@H]2CCCC[C@H]2C1=O)c1ccccc1Cl. The van der Waals surface area contributed by atoms with Crippen LogP contribution in [0.25, 0.3) is 0 Å². The Morgan fingerprint density at radius 1 is 1.18 bits per heavy atom. The molecule has 0 spiro atoms. The molecular formula is C21H28ClN3O3. The second-order valence-electron chi connectivity index (χ2n) is 7.88. The quantitative estimate of drug-likeness (QED) is 0.708. The highest BCUT2D eigenvalue weighted by Gasteiger charge is 2.47. The van der Waals surface area contributed by atoms with Gasteiger partial charge in [0.05, 0.1) is 17.9 Å². The lowest BCUT2D eigenvalue weighted by Gasteiger charge is -2.26. The van der Waals surface area contributed by atoms with E-state index in [0.717, 1.165) is 31.2 Å². The van der Waals surface area contributed by atoms with Crippen LogP contribution in [0.2, 0.25) is 5.02 Å². The van der Waals surface area contributed by atoms with Gasteiger partial charge >= 0.3 is 0 Å². The van der Waals surface area contributed by atoms with E-state index in [1.54, 1.807) is 0 Å². The highest BCUT2D eigenvalue weighted by molar-refractivity contribution is 6.31. The minimum absolute atomic E-state index is 0.0597. The summed E-state index contributed by atoms with van der Waals surface area (Å²) in [6.45, 7) is 0.567. The van der Waals surface area contributed by atoms with Gasteiger partial charge in [-0.1, -0.05) is 42.6 Å². The summed E-state index contributed by atoms with van der Waals surface area (Å²) in [4.78, 5) is 40.6. The van der Waals surface area contributed by atoms with Crippen molar-refractivity contribution in [2.45, 2.75) is 38.1 Å². The van der Waals surface area contributed by atoms with Crippen molar-refractivity contribution in [2.75, 3.05) is 27.2 Å². The van der Waals surface area contributed by atoms with Gasteiger partial charge in [0, 0.05) is 24.5 Å². The standard InChI is InChI=1S/C21H28ClN3O3/c1-24(2)18(16-9-5-6-10-17(16)22)13-23-19(26)11-12-25-20(27)14-7-3-4-8-15(14)21(25)28/h5-6,9-10,14-15,18H,3-4,7-8,11-13H2,1-2H3,(H,23,26)/t14-,15+,18-/m0/s1. The molecule has 1 saturated carbocycles. The maximum absolute atomic E-state index is 12.5. The first-order valence-electron chi connectivity index (χ1n) is 9.93. The summed E-state index contributed by atoms with van der Waals surface area (Å²) < 4.78 is 0. The number of rotatable bonds is 7. The number of hydrogen-bond acceptors (Lipinski definition) is 4. The molecule has 1 saturated heterocycles. The number of benzene rings is 1. The van der Waals surface area contributed by atoms with E-state index in [1.807, 2.05) is 43.3 Å². The van der Waals surface area contributed by atoms with Gasteiger partial charge < -0.3 is 10.2 Å². The number of carbonyl (C=O) groups excluding carboxylic acids is 3. The lowest BCUT2D eigenvalue weighted by molar-refractivity contribution is -0.140. The highest BCUT2D eigenvalue weighted by atomic mass is 35.5. The molecule has 0 aromatic heterocycles. The first-order valence-corrected chi connectivity index (χ1v) is 10.3. The first kappa shape index (κ1) is 20.8. The number of nitrogens with one attached hydrogen (secondary N) is 1. The number of likely N-dealkylation sites (N-methyl/N-ethyl adjacent to an activating group) is 1. The van der Waals surface area contributed by atoms with Crippen LogP contribution in [0.1, 0.15) is 43.7 Å². The molecule has 7 heteroatoms. The third-order valence-corrected chi connectivity index (χ3v) is 6.22. The summed E-state index contributed by atoms with van der Waals surface area (Å²) in [5.41, 5.74) is 0.948. The van der Waals surface area contributed by atoms with Gasteiger partial charge in [0.2, 0.25) is 17.7 Å². The summed E-state index contributed by atoms with van der Waals surface area (Å²) in [5.74, 6) is -0.686. The van der Waals surface area contributed by atoms with Crippen LogP contribution in [0.3, 0.4) is 0 Å². The van der Waals surface area contributed by atoms with Crippen LogP contribution in [-0.2, 0) is 14.4 Å². The molecule has 6 nitrogen and oxygen atoms in total. The predicted octanol–water partition coefficient (Wildman–Crippen LogP) is 2.62. The minimum Gasteiger partial charge on any atom is -0.354 e. The Labute approximate surface area is 171 Å². The van der Waals surface area contributed by atoms with Crippen LogP contribution in [0.15, 0.2) is 24.3 Å². The van der Waals surface area contributed by atoms with Crippen molar-refractivity contribution in [3.05, 3.63) is 34.9 Å². The average Bonchev–Trinajstić information content (AvgIpc) is 2.92. The van der Waals surface area contributed by atoms with Gasteiger partial charge in [-0.3, -0.25) is 19.3 Å². The Hall–Kier alpha value is -1.92. The Morgan fingerprint density at radius 2 is 1.79 bits per heavy atom.